The van der Waals surface area contributed by atoms with Crippen LogP contribution in [0.3, 0.4) is 0 Å². The first-order valence-corrected chi connectivity index (χ1v) is 6.66. The minimum absolute atomic E-state index is 0.213. The zero-order valence-corrected chi connectivity index (χ0v) is 11.7. The largest absolute Gasteiger partial charge is 0.352 e. The topological polar surface area (TPSA) is 74.0 Å². The molecule has 2 aromatic rings. The molecule has 0 fully saturated rings. The molecule has 20 heavy (non-hydrogen) atoms. The SMILES string of the molecule is CNCC(C)CNC(=O)c1cc(=O)[nH]c2ccccc12. The molecule has 0 bridgehead atoms. The number of hydrogen-bond donors (Lipinski definition) is 3. The summed E-state index contributed by atoms with van der Waals surface area (Å²) in [5.74, 6) is 0.118. The Hall–Kier alpha value is -2.14. The second-order valence-electron chi connectivity index (χ2n) is 4.97. The third kappa shape index (κ3) is 3.24. The molecule has 0 aliphatic heterocycles. The summed E-state index contributed by atoms with van der Waals surface area (Å²) in [6.07, 6.45) is 0. The van der Waals surface area contributed by atoms with Crippen LogP contribution in [0.15, 0.2) is 35.1 Å². The molecule has 1 aromatic heterocycles. The molecular formula is C15H19N3O2. The second kappa shape index (κ2) is 6.34. The molecule has 0 radical (unpaired) electrons. The van der Waals surface area contributed by atoms with Gasteiger partial charge in [-0.25, -0.2) is 0 Å². The van der Waals surface area contributed by atoms with Crippen molar-refractivity contribution in [2.75, 3.05) is 20.1 Å². The summed E-state index contributed by atoms with van der Waals surface area (Å²) in [5.41, 5.74) is 0.826. The number of pyridine rings is 1. The van der Waals surface area contributed by atoms with E-state index in [-0.39, 0.29) is 11.5 Å². The van der Waals surface area contributed by atoms with Crippen LogP contribution in [-0.2, 0) is 0 Å². The summed E-state index contributed by atoms with van der Waals surface area (Å²) in [4.78, 5) is 26.6. The predicted octanol–water partition coefficient (Wildman–Crippen LogP) is 1.11. The first-order chi connectivity index (χ1) is 9.61. The van der Waals surface area contributed by atoms with E-state index in [2.05, 4.69) is 15.6 Å². The molecule has 1 aromatic carbocycles. The van der Waals surface area contributed by atoms with E-state index in [4.69, 9.17) is 0 Å². The highest BCUT2D eigenvalue weighted by Crippen LogP contribution is 2.14. The minimum atomic E-state index is -0.267. The number of carbonyl (C=O) groups is 1. The van der Waals surface area contributed by atoms with Gasteiger partial charge in [0.15, 0.2) is 0 Å². The summed E-state index contributed by atoms with van der Waals surface area (Å²) in [5, 5.41) is 6.69. The Kier molecular flexibility index (Phi) is 4.53. The predicted molar refractivity (Wildman–Crippen MR) is 80.0 cm³/mol. The fraction of sp³-hybridized carbons (Fsp3) is 0.333. The Morgan fingerprint density at radius 2 is 2.05 bits per heavy atom. The van der Waals surface area contributed by atoms with Crippen LogP contribution in [0.4, 0.5) is 0 Å². The lowest BCUT2D eigenvalue weighted by atomic mass is 10.1. The molecule has 0 spiro atoms. The molecule has 0 aliphatic rings. The normalized spacial score (nSPS) is 12.3. The minimum Gasteiger partial charge on any atom is -0.352 e. The van der Waals surface area contributed by atoms with Crippen LogP contribution in [0.25, 0.3) is 10.9 Å². The highest BCUT2D eigenvalue weighted by atomic mass is 16.2. The summed E-state index contributed by atoms with van der Waals surface area (Å²) < 4.78 is 0. The number of para-hydroxylation sites is 1. The quantitative estimate of drug-likeness (QED) is 0.764. The number of carbonyl (C=O) groups excluding carboxylic acids is 1. The summed E-state index contributed by atoms with van der Waals surface area (Å²) in [6.45, 7) is 3.45. The molecule has 5 nitrogen and oxygen atoms in total. The summed E-state index contributed by atoms with van der Waals surface area (Å²) in [6, 6.07) is 8.64. The van der Waals surface area contributed by atoms with E-state index in [0.717, 1.165) is 11.9 Å². The van der Waals surface area contributed by atoms with Crippen molar-refractivity contribution in [3.8, 4) is 0 Å². The summed E-state index contributed by atoms with van der Waals surface area (Å²) >= 11 is 0. The standard InChI is InChI=1S/C15H19N3O2/c1-10(8-16-2)9-17-15(20)12-7-14(19)18-13-6-4-3-5-11(12)13/h3-7,10,16H,8-9H2,1-2H3,(H,17,20)(H,18,19). The highest BCUT2D eigenvalue weighted by molar-refractivity contribution is 6.05. The van der Waals surface area contributed by atoms with Gasteiger partial charge in [-0.3, -0.25) is 9.59 Å². The van der Waals surface area contributed by atoms with Crippen LogP contribution >= 0.6 is 0 Å². The Bertz CT molecular complexity index is 663. The number of benzene rings is 1. The van der Waals surface area contributed by atoms with E-state index in [1.165, 1.54) is 6.07 Å². The Morgan fingerprint density at radius 1 is 1.30 bits per heavy atom. The van der Waals surface area contributed by atoms with Crippen molar-refractivity contribution >= 4 is 16.8 Å². The van der Waals surface area contributed by atoms with Gasteiger partial charge in [0.25, 0.3) is 5.91 Å². The average molecular weight is 273 g/mol. The first-order valence-electron chi connectivity index (χ1n) is 6.66. The molecule has 2 rings (SSSR count). The van der Waals surface area contributed by atoms with Gasteiger partial charge in [0, 0.05) is 23.5 Å². The molecule has 1 unspecified atom stereocenters. The summed E-state index contributed by atoms with van der Waals surface area (Å²) in [7, 11) is 1.88. The van der Waals surface area contributed by atoms with Crippen LogP contribution in [0, 0.1) is 5.92 Å². The highest BCUT2D eigenvalue weighted by Gasteiger charge is 2.12. The maximum absolute atomic E-state index is 12.2. The Labute approximate surface area is 117 Å². The van der Waals surface area contributed by atoms with E-state index >= 15 is 0 Å². The molecule has 0 aliphatic carbocycles. The van der Waals surface area contributed by atoms with Gasteiger partial charge in [0.2, 0.25) is 5.56 Å². The number of fused-ring (bicyclic) bond motifs is 1. The number of rotatable bonds is 5. The molecule has 0 saturated carbocycles. The number of hydrogen-bond acceptors (Lipinski definition) is 3. The molecule has 1 amide bonds. The monoisotopic (exact) mass is 273 g/mol. The Morgan fingerprint density at radius 3 is 2.80 bits per heavy atom. The zero-order chi connectivity index (χ0) is 14.5. The van der Waals surface area contributed by atoms with Gasteiger partial charge in [-0.05, 0) is 25.6 Å². The Balaban J connectivity index is 2.24. The van der Waals surface area contributed by atoms with E-state index in [1.54, 1.807) is 6.07 Å². The lowest BCUT2D eigenvalue weighted by Crippen LogP contribution is -2.32. The van der Waals surface area contributed by atoms with Crippen LogP contribution in [0.5, 0.6) is 0 Å². The van der Waals surface area contributed by atoms with Gasteiger partial charge in [-0.1, -0.05) is 25.1 Å². The van der Waals surface area contributed by atoms with Crippen LogP contribution in [-0.4, -0.2) is 31.0 Å². The third-order valence-corrected chi connectivity index (χ3v) is 3.16. The van der Waals surface area contributed by atoms with Crippen molar-refractivity contribution in [1.82, 2.24) is 15.6 Å². The molecule has 106 valence electrons. The average Bonchev–Trinajstić information content (AvgIpc) is 2.44. The van der Waals surface area contributed by atoms with Crippen LogP contribution in [0.2, 0.25) is 0 Å². The molecule has 1 heterocycles. The van der Waals surface area contributed by atoms with Gasteiger partial charge < -0.3 is 15.6 Å². The van der Waals surface area contributed by atoms with Gasteiger partial charge in [-0.15, -0.1) is 0 Å². The molecule has 5 heteroatoms. The van der Waals surface area contributed by atoms with E-state index in [9.17, 15) is 9.59 Å². The number of amides is 1. The van der Waals surface area contributed by atoms with E-state index in [1.807, 2.05) is 32.2 Å². The molecule has 1 atom stereocenters. The van der Waals surface area contributed by atoms with Crippen molar-refractivity contribution in [2.45, 2.75) is 6.92 Å². The first kappa shape index (κ1) is 14.3. The van der Waals surface area contributed by atoms with Crippen molar-refractivity contribution in [1.29, 1.82) is 0 Å². The molecule has 3 N–H and O–H groups in total. The van der Waals surface area contributed by atoms with Gasteiger partial charge >= 0.3 is 0 Å². The van der Waals surface area contributed by atoms with Crippen molar-refractivity contribution in [2.24, 2.45) is 5.92 Å². The number of nitrogens with one attached hydrogen (secondary N) is 3. The second-order valence-corrected chi connectivity index (χ2v) is 4.97. The molecular weight excluding hydrogens is 254 g/mol. The number of aromatic nitrogens is 1. The number of H-pyrrole nitrogens is 1. The fourth-order valence-electron chi connectivity index (χ4n) is 2.18. The van der Waals surface area contributed by atoms with Gasteiger partial charge in [0.05, 0.1) is 5.56 Å². The lowest BCUT2D eigenvalue weighted by molar-refractivity contribution is 0.0949. The smallest absolute Gasteiger partial charge is 0.252 e. The van der Waals surface area contributed by atoms with E-state index < -0.39 is 0 Å². The zero-order valence-electron chi connectivity index (χ0n) is 11.7. The van der Waals surface area contributed by atoms with Gasteiger partial charge in [0.1, 0.15) is 0 Å². The number of aromatic amines is 1. The van der Waals surface area contributed by atoms with Crippen molar-refractivity contribution < 1.29 is 4.79 Å². The van der Waals surface area contributed by atoms with Crippen LogP contribution < -0.4 is 16.2 Å². The van der Waals surface area contributed by atoms with Crippen LogP contribution in [0.1, 0.15) is 17.3 Å². The lowest BCUT2D eigenvalue weighted by Gasteiger charge is -2.12. The molecule has 0 saturated heterocycles. The van der Waals surface area contributed by atoms with E-state index in [0.29, 0.717) is 23.5 Å². The van der Waals surface area contributed by atoms with Gasteiger partial charge in [-0.2, -0.15) is 0 Å². The fourth-order valence-corrected chi connectivity index (χ4v) is 2.18. The maximum atomic E-state index is 12.2. The third-order valence-electron chi connectivity index (χ3n) is 3.16. The van der Waals surface area contributed by atoms with Crippen molar-refractivity contribution in [3.05, 3.63) is 46.2 Å². The maximum Gasteiger partial charge on any atom is 0.252 e. The van der Waals surface area contributed by atoms with Crippen molar-refractivity contribution in [3.63, 3.8) is 0 Å².